The standard InChI is InChI=1S/C31H46O10/c1-15-25(34)26(35)27(36)28(39-15)41-19-7-9-29(3)18(12-19)5-6-21-20(29)8-10-30(4)24(17-11-23(33)38-14-17)22(40-16(2)32)13-31(21,30)37/h11,15,18-22,24-28,34-37H,5-10,12-14H2,1-4H3/t15-,18+,19-,20-,21+,22-,24-,25-,26+,27+,28-,29-,30+,31-/m0/s1. The molecule has 6 aliphatic rings. The number of carbonyl (C=O) groups is 2. The Labute approximate surface area is 241 Å². The topological polar surface area (TPSA) is 152 Å². The highest BCUT2D eigenvalue weighted by atomic mass is 16.7. The van der Waals surface area contributed by atoms with E-state index in [-0.39, 0.29) is 41.9 Å². The molecule has 0 unspecified atom stereocenters. The Balaban J connectivity index is 1.21. The van der Waals surface area contributed by atoms with Gasteiger partial charge >= 0.3 is 11.9 Å². The van der Waals surface area contributed by atoms with Gasteiger partial charge in [-0.15, -0.1) is 0 Å². The molecule has 10 heteroatoms. The molecule has 10 nitrogen and oxygen atoms in total. The summed E-state index contributed by atoms with van der Waals surface area (Å²) >= 11 is 0. The molecule has 41 heavy (non-hydrogen) atoms. The second kappa shape index (κ2) is 10.3. The van der Waals surface area contributed by atoms with Crippen LogP contribution in [0.4, 0.5) is 0 Å². The second-order valence-electron chi connectivity index (χ2n) is 14.2. The Bertz CT molecular complexity index is 1090. The molecule has 0 radical (unpaired) electrons. The highest BCUT2D eigenvalue weighted by Crippen LogP contribution is 2.70. The number of ether oxygens (including phenoxy) is 4. The fourth-order valence-electron chi connectivity index (χ4n) is 10.2. The van der Waals surface area contributed by atoms with Crippen molar-refractivity contribution >= 4 is 11.9 Å². The lowest BCUT2D eigenvalue weighted by Gasteiger charge is -2.63. The van der Waals surface area contributed by atoms with Crippen molar-refractivity contribution in [1.82, 2.24) is 0 Å². The van der Waals surface area contributed by atoms with Crippen LogP contribution in [0.25, 0.3) is 0 Å². The van der Waals surface area contributed by atoms with Crippen LogP contribution in [-0.2, 0) is 28.5 Å². The van der Waals surface area contributed by atoms with E-state index in [4.69, 9.17) is 18.9 Å². The van der Waals surface area contributed by atoms with Crippen LogP contribution >= 0.6 is 0 Å². The van der Waals surface area contributed by atoms with E-state index in [9.17, 15) is 30.0 Å². The Hall–Kier alpha value is -1.56. The van der Waals surface area contributed by atoms with E-state index in [1.807, 2.05) is 0 Å². The number of esters is 2. The van der Waals surface area contributed by atoms with Crippen molar-refractivity contribution in [2.45, 2.75) is 128 Å². The van der Waals surface area contributed by atoms with Crippen LogP contribution in [0.15, 0.2) is 11.6 Å². The third kappa shape index (κ3) is 4.51. The summed E-state index contributed by atoms with van der Waals surface area (Å²) < 4.78 is 23.0. The fourth-order valence-corrected chi connectivity index (χ4v) is 10.2. The van der Waals surface area contributed by atoms with Crippen LogP contribution in [0, 0.1) is 34.5 Å². The monoisotopic (exact) mass is 578 g/mol. The minimum Gasteiger partial charge on any atom is -0.462 e. The molecule has 0 aromatic rings. The Morgan fingerprint density at radius 1 is 1.02 bits per heavy atom. The number of hydrogen-bond acceptors (Lipinski definition) is 10. The lowest BCUT2D eigenvalue weighted by atomic mass is 9.43. The Morgan fingerprint density at radius 3 is 2.46 bits per heavy atom. The van der Waals surface area contributed by atoms with Crippen molar-refractivity contribution in [2.24, 2.45) is 34.5 Å². The van der Waals surface area contributed by atoms with Gasteiger partial charge in [0.05, 0.1) is 17.8 Å². The lowest BCUT2D eigenvalue weighted by molar-refractivity contribution is -0.310. The van der Waals surface area contributed by atoms with Gasteiger partial charge < -0.3 is 39.4 Å². The average molecular weight is 579 g/mol. The first-order valence-corrected chi connectivity index (χ1v) is 15.4. The normalized spacial score (nSPS) is 53.0. The summed E-state index contributed by atoms with van der Waals surface area (Å²) in [5.74, 6) is -0.326. The molecule has 230 valence electrons. The molecule has 6 rings (SSSR count). The number of cyclic esters (lactones) is 1. The summed E-state index contributed by atoms with van der Waals surface area (Å²) in [5.41, 5.74) is -0.777. The summed E-state index contributed by atoms with van der Waals surface area (Å²) in [6.07, 6.45) is 1.79. The van der Waals surface area contributed by atoms with Gasteiger partial charge in [0.15, 0.2) is 6.29 Å². The number of rotatable bonds is 4. The zero-order chi connectivity index (χ0) is 29.5. The van der Waals surface area contributed by atoms with Gasteiger partial charge in [-0.2, -0.15) is 0 Å². The smallest absolute Gasteiger partial charge is 0.331 e. The van der Waals surface area contributed by atoms with Gasteiger partial charge in [0.25, 0.3) is 0 Å². The van der Waals surface area contributed by atoms with Crippen LogP contribution in [0.3, 0.4) is 0 Å². The molecule has 0 spiro atoms. The van der Waals surface area contributed by atoms with E-state index >= 15 is 0 Å². The second-order valence-corrected chi connectivity index (χ2v) is 14.2. The number of hydrogen-bond donors (Lipinski definition) is 4. The van der Waals surface area contributed by atoms with Crippen molar-refractivity contribution < 1.29 is 49.0 Å². The molecule has 14 atom stereocenters. The summed E-state index contributed by atoms with van der Waals surface area (Å²) in [5, 5.41) is 43.4. The highest BCUT2D eigenvalue weighted by molar-refractivity contribution is 5.85. The van der Waals surface area contributed by atoms with Gasteiger partial charge in [0, 0.05) is 30.8 Å². The van der Waals surface area contributed by atoms with Gasteiger partial charge in [0.1, 0.15) is 31.0 Å². The van der Waals surface area contributed by atoms with Gasteiger partial charge in [-0.3, -0.25) is 4.79 Å². The molecule has 2 heterocycles. The molecule has 0 bridgehead atoms. The summed E-state index contributed by atoms with van der Waals surface area (Å²) in [7, 11) is 0. The lowest BCUT2D eigenvalue weighted by Crippen LogP contribution is -2.62. The third-order valence-corrected chi connectivity index (χ3v) is 12.3. The molecule has 4 N–H and O–H groups in total. The average Bonchev–Trinajstić information content (AvgIpc) is 3.42. The molecular formula is C31H46O10. The van der Waals surface area contributed by atoms with Crippen molar-refractivity contribution in [3.05, 3.63) is 11.6 Å². The minimum atomic E-state index is -1.32. The molecule has 1 saturated heterocycles. The first-order chi connectivity index (χ1) is 19.3. The zero-order valence-corrected chi connectivity index (χ0v) is 24.5. The minimum absolute atomic E-state index is 0.00437. The SMILES string of the molecule is CC(=O)O[C@H]1C[C@]2(O)[C@@H]3CC[C@@H]4C[C@@H](O[C@@H]5O[C@@H](C)[C@H](O)[C@@H](O)[C@H]5O)CC[C@]4(C)[C@H]3CC[C@]2(C)[C@H]1C1=CC(=O)OC1. The zero-order valence-electron chi connectivity index (χ0n) is 24.5. The van der Waals surface area contributed by atoms with Crippen molar-refractivity contribution in [1.29, 1.82) is 0 Å². The maximum absolute atomic E-state index is 12.7. The molecule has 4 aliphatic carbocycles. The summed E-state index contributed by atoms with van der Waals surface area (Å²) in [6.45, 7) is 7.70. The van der Waals surface area contributed by atoms with Crippen molar-refractivity contribution in [3.63, 3.8) is 0 Å². The van der Waals surface area contributed by atoms with Gasteiger partial charge in [-0.25, -0.2) is 4.79 Å². The van der Waals surface area contributed by atoms with Crippen LogP contribution in [0.1, 0.15) is 79.1 Å². The molecular weight excluding hydrogens is 532 g/mol. The maximum Gasteiger partial charge on any atom is 0.331 e. The maximum atomic E-state index is 12.7. The molecule has 4 saturated carbocycles. The number of fused-ring (bicyclic) bond motifs is 5. The van der Waals surface area contributed by atoms with Gasteiger partial charge in [-0.1, -0.05) is 13.8 Å². The first kappa shape index (κ1) is 29.5. The molecule has 5 fully saturated rings. The van der Waals surface area contributed by atoms with E-state index in [0.717, 1.165) is 50.5 Å². The predicted octanol–water partition coefficient (Wildman–Crippen LogP) is 2.00. The number of aliphatic hydroxyl groups excluding tert-OH is 3. The first-order valence-electron chi connectivity index (χ1n) is 15.4. The number of carbonyl (C=O) groups excluding carboxylic acids is 2. The van der Waals surface area contributed by atoms with Crippen LogP contribution < -0.4 is 0 Å². The fraction of sp³-hybridized carbons (Fsp3) is 0.871. The Morgan fingerprint density at radius 2 is 1.78 bits per heavy atom. The molecule has 0 aromatic carbocycles. The van der Waals surface area contributed by atoms with E-state index in [0.29, 0.717) is 18.3 Å². The van der Waals surface area contributed by atoms with Crippen LogP contribution in [0.5, 0.6) is 0 Å². The van der Waals surface area contributed by atoms with Crippen LogP contribution in [-0.4, -0.2) is 87.5 Å². The van der Waals surface area contributed by atoms with Gasteiger partial charge in [0.2, 0.25) is 0 Å². The third-order valence-electron chi connectivity index (χ3n) is 12.3. The highest BCUT2D eigenvalue weighted by Gasteiger charge is 2.71. The Kier molecular flexibility index (Phi) is 7.39. The van der Waals surface area contributed by atoms with E-state index in [2.05, 4.69) is 13.8 Å². The van der Waals surface area contributed by atoms with Crippen molar-refractivity contribution in [3.8, 4) is 0 Å². The largest absolute Gasteiger partial charge is 0.462 e. The van der Waals surface area contributed by atoms with Crippen LogP contribution in [0.2, 0.25) is 0 Å². The molecule has 0 amide bonds. The van der Waals surface area contributed by atoms with E-state index in [1.165, 1.54) is 13.0 Å². The van der Waals surface area contributed by atoms with Gasteiger partial charge in [-0.05, 0) is 80.6 Å². The molecule has 0 aromatic heterocycles. The summed E-state index contributed by atoms with van der Waals surface area (Å²) in [4.78, 5) is 24.1. The van der Waals surface area contributed by atoms with E-state index in [1.54, 1.807) is 6.92 Å². The predicted molar refractivity (Wildman–Crippen MR) is 144 cm³/mol. The molecule has 2 aliphatic heterocycles. The van der Waals surface area contributed by atoms with Crippen molar-refractivity contribution in [2.75, 3.05) is 6.61 Å². The quantitative estimate of drug-likeness (QED) is 0.288. The number of aliphatic hydroxyl groups is 4. The summed E-state index contributed by atoms with van der Waals surface area (Å²) in [6, 6.07) is 0. The van der Waals surface area contributed by atoms with E-state index < -0.39 is 47.8 Å².